The molecule has 0 bridgehead atoms. The lowest BCUT2D eigenvalue weighted by atomic mass is 10.0. The number of carbonyl (C=O) groups is 3. The van der Waals surface area contributed by atoms with Crippen molar-refractivity contribution in [3.8, 4) is 11.5 Å². The van der Waals surface area contributed by atoms with Gasteiger partial charge in [0.1, 0.15) is 22.2 Å². The number of thiophene rings is 1. The molecule has 0 spiro atoms. The zero-order valence-electron chi connectivity index (χ0n) is 18.6. The van der Waals surface area contributed by atoms with Gasteiger partial charge in [-0.2, -0.15) is 0 Å². The number of hydrogen-bond acceptors (Lipinski definition) is 8. The molecule has 0 saturated carbocycles. The molecule has 2 aromatic carbocycles. The Morgan fingerprint density at radius 3 is 2.46 bits per heavy atom. The molecule has 2 heterocycles. The molecule has 4 rings (SSSR count). The molecule has 0 fully saturated rings. The highest BCUT2D eigenvalue weighted by Crippen LogP contribution is 2.37. The Bertz CT molecular complexity index is 1300. The van der Waals surface area contributed by atoms with Crippen LogP contribution >= 0.6 is 11.3 Å². The summed E-state index contributed by atoms with van der Waals surface area (Å²) in [6, 6.07) is 8.32. The van der Waals surface area contributed by atoms with Gasteiger partial charge in [0.05, 0.1) is 12.7 Å². The third-order valence-corrected chi connectivity index (χ3v) is 6.23. The minimum Gasteiger partial charge on any atom is -0.465 e. The van der Waals surface area contributed by atoms with E-state index in [0.717, 1.165) is 40.0 Å². The second-order valence-corrected chi connectivity index (χ2v) is 8.64. The molecule has 0 saturated heterocycles. The summed E-state index contributed by atoms with van der Waals surface area (Å²) in [5, 5.41) is 2.72. The van der Waals surface area contributed by atoms with Crippen LogP contribution in [0.5, 0.6) is 11.5 Å². The molecule has 11 heteroatoms. The lowest BCUT2D eigenvalue weighted by molar-refractivity contribution is -0.119. The van der Waals surface area contributed by atoms with Crippen LogP contribution in [0.4, 0.5) is 13.8 Å². The van der Waals surface area contributed by atoms with Gasteiger partial charge in [-0.25, -0.2) is 18.4 Å². The maximum atomic E-state index is 13.7. The Hall–Kier alpha value is -3.99. The molecule has 1 aliphatic rings. The minimum absolute atomic E-state index is 0.133. The standard InChI is InChI=1S/C24H19F2NO7S/c1-12-14(8-13-6-7-17-18(9-13)34-11-33-17)20(23(29)31-2)22(35-12)27-19(28)10-32-24(30)21-15(25)4-3-5-16(21)26/h3-7,9H,8,10-11H2,1-2H3,(H,27,28). The molecule has 8 nitrogen and oxygen atoms in total. The van der Waals surface area contributed by atoms with E-state index in [4.69, 9.17) is 18.9 Å². The molecular weight excluding hydrogens is 484 g/mol. The van der Waals surface area contributed by atoms with Gasteiger partial charge < -0.3 is 24.3 Å². The Balaban J connectivity index is 1.51. The fourth-order valence-corrected chi connectivity index (χ4v) is 4.59. The van der Waals surface area contributed by atoms with E-state index in [1.807, 2.05) is 6.07 Å². The molecule has 0 aliphatic carbocycles. The molecule has 0 unspecified atom stereocenters. The number of hydrogen-bond donors (Lipinski definition) is 1. The number of esters is 2. The van der Waals surface area contributed by atoms with Crippen molar-refractivity contribution in [2.24, 2.45) is 0 Å². The number of nitrogens with one attached hydrogen (secondary N) is 1. The fraction of sp³-hybridized carbons (Fsp3) is 0.208. The molecule has 3 aromatic rings. The molecule has 0 radical (unpaired) electrons. The van der Waals surface area contributed by atoms with Crippen LogP contribution in [0.2, 0.25) is 0 Å². The van der Waals surface area contributed by atoms with Gasteiger partial charge in [-0.15, -0.1) is 11.3 Å². The van der Waals surface area contributed by atoms with E-state index in [-0.39, 0.29) is 17.4 Å². The van der Waals surface area contributed by atoms with Gasteiger partial charge in [-0.3, -0.25) is 4.79 Å². The predicted octanol–water partition coefficient (Wildman–Crippen LogP) is 4.24. The van der Waals surface area contributed by atoms with E-state index in [1.165, 1.54) is 7.11 Å². The second kappa shape index (κ2) is 10.1. The second-order valence-electron chi connectivity index (χ2n) is 7.42. The predicted molar refractivity (Wildman–Crippen MR) is 121 cm³/mol. The molecule has 182 valence electrons. The first kappa shape index (κ1) is 24.1. The van der Waals surface area contributed by atoms with Crippen molar-refractivity contribution in [3.05, 3.63) is 75.2 Å². The van der Waals surface area contributed by atoms with E-state index in [2.05, 4.69) is 5.32 Å². The third-order valence-electron chi connectivity index (χ3n) is 5.17. The average molecular weight is 503 g/mol. The van der Waals surface area contributed by atoms with Crippen LogP contribution in [-0.2, 0) is 20.7 Å². The van der Waals surface area contributed by atoms with Crippen molar-refractivity contribution in [1.82, 2.24) is 0 Å². The van der Waals surface area contributed by atoms with Gasteiger partial charge in [-0.05, 0) is 48.7 Å². The van der Waals surface area contributed by atoms with E-state index >= 15 is 0 Å². The number of rotatable bonds is 7. The number of carbonyl (C=O) groups excluding carboxylic acids is 3. The van der Waals surface area contributed by atoms with Gasteiger partial charge in [0.25, 0.3) is 5.91 Å². The molecule has 1 aliphatic heterocycles. The SMILES string of the molecule is COC(=O)c1c(NC(=O)COC(=O)c2c(F)cccc2F)sc(C)c1Cc1ccc2c(c1)OCO2. The van der Waals surface area contributed by atoms with Crippen molar-refractivity contribution >= 4 is 34.2 Å². The highest BCUT2D eigenvalue weighted by molar-refractivity contribution is 7.16. The zero-order chi connectivity index (χ0) is 25.1. The van der Waals surface area contributed by atoms with Crippen LogP contribution < -0.4 is 14.8 Å². The summed E-state index contributed by atoms with van der Waals surface area (Å²) in [5.74, 6) is -3.77. The number of fused-ring (bicyclic) bond motifs is 1. The molecule has 35 heavy (non-hydrogen) atoms. The first-order valence-corrected chi connectivity index (χ1v) is 11.1. The summed E-state index contributed by atoms with van der Waals surface area (Å²) >= 11 is 1.14. The smallest absolute Gasteiger partial charge is 0.344 e. The van der Waals surface area contributed by atoms with Crippen LogP contribution in [0.15, 0.2) is 36.4 Å². The van der Waals surface area contributed by atoms with Crippen molar-refractivity contribution in [3.63, 3.8) is 0 Å². The molecule has 1 aromatic heterocycles. The summed E-state index contributed by atoms with van der Waals surface area (Å²) in [5.41, 5.74) is 0.751. The van der Waals surface area contributed by atoms with Gasteiger partial charge >= 0.3 is 11.9 Å². The number of anilines is 1. The summed E-state index contributed by atoms with van der Waals surface area (Å²) in [4.78, 5) is 37.8. The Labute approximate surface area is 202 Å². The van der Waals surface area contributed by atoms with E-state index in [0.29, 0.717) is 23.5 Å². The van der Waals surface area contributed by atoms with Crippen molar-refractivity contribution < 1.29 is 42.1 Å². The van der Waals surface area contributed by atoms with Crippen LogP contribution in [0.25, 0.3) is 0 Å². The zero-order valence-corrected chi connectivity index (χ0v) is 19.4. The van der Waals surface area contributed by atoms with E-state index in [9.17, 15) is 23.2 Å². The monoisotopic (exact) mass is 503 g/mol. The first-order valence-electron chi connectivity index (χ1n) is 10.3. The molecule has 0 atom stereocenters. The van der Waals surface area contributed by atoms with E-state index in [1.54, 1.807) is 19.1 Å². The molecule has 1 N–H and O–H groups in total. The number of ether oxygens (including phenoxy) is 4. The Kier molecular flexibility index (Phi) is 6.97. The van der Waals surface area contributed by atoms with Crippen molar-refractivity contribution in [2.75, 3.05) is 25.8 Å². The lowest BCUT2D eigenvalue weighted by Gasteiger charge is -2.09. The number of halogens is 2. The van der Waals surface area contributed by atoms with Gasteiger partial charge in [-0.1, -0.05) is 12.1 Å². The highest BCUT2D eigenvalue weighted by Gasteiger charge is 2.26. The van der Waals surface area contributed by atoms with Gasteiger partial charge in [0.2, 0.25) is 6.79 Å². The van der Waals surface area contributed by atoms with Crippen molar-refractivity contribution in [2.45, 2.75) is 13.3 Å². The lowest BCUT2D eigenvalue weighted by Crippen LogP contribution is -2.22. The fourth-order valence-electron chi connectivity index (χ4n) is 3.51. The summed E-state index contributed by atoms with van der Waals surface area (Å²) < 4.78 is 47.9. The third kappa shape index (κ3) is 5.09. The van der Waals surface area contributed by atoms with Crippen LogP contribution in [0.3, 0.4) is 0 Å². The number of methoxy groups -OCH3 is 1. The first-order chi connectivity index (χ1) is 16.8. The molecule has 1 amide bonds. The maximum Gasteiger partial charge on any atom is 0.344 e. The Morgan fingerprint density at radius 2 is 1.74 bits per heavy atom. The van der Waals surface area contributed by atoms with Crippen LogP contribution in [0.1, 0.15) is 36.7 Å². The highest BCUT2D eigenvalue weighted by atomic mass is 32.1. The normalized spacial score (nSPS) is 11.8. The van der Waals surface area contributed by atoms with Gasteiger partial charge in [0.15, 0.2) is 18.1 Å². The largest absolute Gasteiger partial charge is 0.465 e. The Morgan fingerprint density at radius 1 is 1.03 bits per heavy atom. The quantitative estimate of drug-likeness (QED) is 0.482. The summed E-state index contributed by atoms with van der Waals surface area (Å²) in [7, 11) is 1.22. The summed E-state index contributed by atoms with van der Waals surface area (Å²) in [6.45, 7) is 1.10. The van der Waals surface area contributed by atoms with Crippen LogP contribution in [0, 0.1) is 18.6 Å². The number of benzene rings is 2. The average Bonchev–Trinajstić information content (AvgIpc) is 3.41. The number of aryl methyl sites for hydroxylation is 1. The molecular formula is C24H19F2NO7S. The summed E-state index contributed by atoms with van der Waals surface area (Å²) in [6.07, 6.45) is 0.348. The van der Waals surface area contributed by atoms with Crippen LogP contribution in [-0.4, -0.2) is 38.4 Å². The van der Waals surface area contributed by atoms with Crippen molar-refractivity contribution in [1.29, 1.82) is 0 Å². The topological polar surface area (TPSA) is 100 Å². The minimum atomic E-state index is -1.32. The van der Waals surface area contributed by atoms with E-state index < -0.39 is 41.7 Å². The maximum absolute atomic E-state index is 13.7. The van der Waals surface area contributed by atoms with Gasteiger partial charge in [0, 0.05) is 4.88 Å². The number of amides is 1.